The van der Waals surface area contributed by atoms with Gasteiger partial charge in [-0.25, -0.2) is 4.79 Å². The van der Waals surface area contributed by atoms with Crippen LogP contribution in [-0.2, 0) is 14.3 Å². The fourth-order valence-corrected chi connectivity index (χ4v) is 4.13. The van der Waals surface area contributed by atoms with Crippen molar-refractivity contribution in [2.45, 2.75) is 64.6 Å². The Morgan fingerprint density at radius 2 is 1.89 bits per heavy atom. The summed E-state index contributed by atoms with van der Waals surface area (Å²) in [7, 11) is 0. The van der Waals surface area contributed by atoms with Crippen LogP contribution >= 0.6 is 0 Å². The number of carbonyl (C=O) groups is 1. The van der Waals surface area contributed by atoms with Crippen LogP contribution in [0.25, 0.3) is 0 Å². The molecule has 1 aliphatic carbocycles. The molecule has 27 heavy (non-hydrogen) atoms. The van der Waals surface area contributed by atoms with Gasteiger partial charge in [0.05, 0.1) is 18.3 Å². The molecule has 0 unspecified atom stereocenters. The standard InChI is InChI=1S/C23H30O4/c1-16(2)12-15-26-20(18-10-6-4-7-11-18)17(3)19-21(24)23(27-22(19)25)13-8-5-9-14-23/h4,6-7,10-12,17,20,24H,5,8-9,13-15H2,1-3H3/t17-,20+/m1/s1. The Balaban J connectivity index is 1.91. The van der Waals surface area contributed by atoms with Gasteiger partial charge in [-0.05, 0) is 45.1 Å². The molecule has 1 aromatic rings. The van der Waals surface area contributed by atoms with E-state index >= 15 is 0 Å². The lowest BCUT2D eigenvalue weighted by molar-refractivity contribution is -0.151. The topological polar surface area (TPSA) is 55.8 Å². The first-order chi connectivity index (χ1) is 12.9. The normalized spacial score (nSPS) is 21.1. The summed E-state index contributed by atoms with van der Waals surface area (Å²) in [5, 5.41) is 11.0. The molecule has 1 heterocycles. The molecular weight excluding hydrogens is 340 g/mol. The van der Waals surface area contributed by atoms with E-state index < -0.39 is 11.6 Å². The molecule has 1 spiro atoms. The average Bonchev–Trinajstić information content (AvgIpc) is 2.89. The molecule has 1 aliphatic heterocycles. The number of hydrogen-bond donors (Lipinski definition) is 1. The highest BCUT2D eigenvalue weighted by Gasteiger charge is 2.50. The lowest BCUT2D eigenvalue weighted by Crippen LogP contribution is -2.34. The van der Waals surface area contributed by atoms with Crippen LogP contribution in [0.2, 0.25) is 0 Å². The first-order valence-electron chi connectivity index (χ1n) is 9.91. The molecule has 1 saturated carbocycles. The monoisotopic (exact) mass is 370 g/mol. The summed E-state index contributed by atoms with van der Waals surface area (Å²) in [4.78, 5) is 12.7. The Morgan fingerprint density at radius 3 is 2.52 bits per heavy atom. The van der Waals surface area contributed by atoms with E-state index in [1.165, 1.54) is 5.57 Å². The van der Waals surface area contributed by atoms with Crippen LogP contribution in [0.4, 0.5) is 0 Å². The van der Waals surface area contributed by atoms with E-state index in [2.05, 4.69) is 0 Å². The maximum Gasteiger partial charge on any atom is 0.338 e. The number of benzene rings is 1. The van der Waals surface area contributed by atoms with E-state index in [4.69, 9.17) is 9.47 Å². The van der Waals surface area contributed by atoms with Crippen LogP contribution in [0.3, 0.4) is 0 Å². The number of hydrogen-bond acceptors (Lipinski definition) is 4. The van der Waals surface area contributed by atoms with Crippen molar-refractivity contribution in [3.63, 3.8) is 0 Å². The summed E-state index contributed by atoms with van der Waals surface area (Å²) in [6.07, 6.45) is 6.16. The Kier molecular flexibility index (Phi) is 6.05. The highest BCUT2D eigenvalue weighted by molar-refractivity contribution is 5.93. The third-order valence-electron chi connectivity index (χ3n) is 5.66. The minimum absolute atomic E-state index is 0.131. The number of allylic oxidation sites excluding steroid dienone is 1. The van der Waals surface area contributed by atoms with Crippen molar-refractivity contribution in [3.8, 4) is 0 Å². The van der Waals surface area contributed by atoms with Gasteiger partial charge in [0, 0.05) is 5.92 Å². The zero-order chi connectivity index (χ0) is 19.4. The number of ether oxygens (including phenoxy) is 2. The third kappa shape index (κ3) is 4.11. The number of carbonyl (C=O) groups excluding carboxylic acids is 1. The third-order valence-corrected chi connectivity index (χ3v) is 5.66. The Bertz CT molecular complexity index is 722. The van der Waals surface area contributed by atoms with Crippen LogP contribution in [0, 0.1) is 5.92 Å². The highest BCUT2D eigenvalue weighted by Crippen LogP contribution is 2.46. The van der Waals surface area contributed by atoms with Gasteiger partial charge in [0.15, 0.2) is 5.60 Å². The second kappa shape index (κ2) is 8.30. The quantitative estimate of drug-likeness (QED) is 0.537. The predicted octanol–water partition coefficient (Wildman–Crippen LogP) is 5.42. The zero-order valence-corrected chi connectivity index (χ0v) is 16.5. The molecule has 3 rings (SSSR count). The van der Waals surface area contributed by atoms with Gasteiger partial charge in [-0.2, -0.15) is 0 Å². The number of rotatable bonds is 6. The van der Waals surface area contributed by atoms with Gasteiger partial charge in [0.2, 0.25) is 0 Å². The molecule has 1 aromatic carbocycles. The zero-order valence-electron chi connectivity index (χ0n) is 16.5. The van der Waals surface area contributed by atoms with Gasteiger partial charge in [-0.15, -0.1) is 0 Å². The molecule has 1 fully saturated rings. The van der Waals surface area contributed by atoms with Gasteiger partial charge >= 0.3 is 5.97 Å². The predicted molar refractivity (Wildman–Crippen MR) is 105 cm³/mol. The lowest BCUT2D eigenvalue weighted by Gasteiger charge is -2.31. The molecule has 2 aliphatic rings. The van der Waals surface area contributed by atoms with Gasteiger partial charge < -0.3 is 14.6 Å². The Hall–Kier alpha value is -2.07. The minimum Gasteiger partial charge on any atom is -0.507 e. The van der Waals surface area contributed by atoms with E-state index in [1.807, 2.05) is 57.2 Å². The minimum atomic E-state index is -0.805. The van der Waals surface area contributed by atoms with Crippen LogP contribution in [0.1, 0.15) is 64.5 Å². The van der Waals surface area contributed by atoms with Crippen molar-refractivity contribution >= 4 is 5.97 Å². The summed E-state index contributed by atoms with van der Waals surface area (Å²) < 4.78 is 11.9. The molecule has 4 nitrogen and oxygen atoms in total. The Labute approximate surface area is 161 Å². The van der Waals surface area contributed by atoms with Gasteiger partial charge in [-0.3, -0.25) is 0 Å². The molecule has 0 saturated heterocycles. The van der Waals surface area contributed by atoms with E-state index in [0.29, 0.717) is 25.0 Å². The van der Waals surface area contributed by atoms with Crippen molar-refractivity contribution in [2.75, 3.05) is 6.61 Å². The summed E-state index contributed by atoms with van der Waals surface area (Å²) in [6, 6.07) is 9.88. The lowest BCUT2D eigenvalue weighted by atomic mass is 9.81. The van der Waals surface area contributed by atoms with Crippen molar-refractivity contribution in [1.82, 2.24) is 0 Å². The average molecular weight is 370 g/mol. The Morgan fingerprint density at radius 1 is 1.22 bits per heavy atom. The van der Waals surface area contributed by atoms with Gasteiger partial charge in [0.25, 0.3) is 0 Å². The fourth-order valence-electron chi connectivity index (χ4n) is 4.13. The maximum atomic E-state index is 12.7. The second-order valence-electron chi connectivity index (χ2n) is 7.94. The summed E-state index contributed by atoms with van der Waals surface area (Å²) in [5.41, 5.74) is 1.74. The summed E-state index contributed by atoms with van der Waals surface area (Å²) in [6.45, 7) is 6.45. The summed E-state index contributed by atoms with van der Waals surface area (Å²) >= 11 is 0. The highest BCUT2D eigenvalue weighted by atomic mass is 16.6. The van der Waals surface area contributed by atoms with Crippen molar-refractivity contribution in [3.05, 3.63) is 58.9 Å². The largest absolute Gasteiger partial charge is 0.507 e. The maximum absolute atomic E-state index is 12.7. The molecule has 2 atom stereocenters. The second-order valence-corrected chi connectivity index (χ2v) is 7.94. The molecule has 0 amide bonds. The van der Waals surface area contributed by atoms with E-state index in [1.54, 1.807) is 0 Å². The fraction of sp³-hybridized carbons (Fsp3) is 0.522. The molecular formula is C23H30O4. The first-order valence-corrected chi connectivity index (χ1v) is 9.91. The molecule has 4 heteroatoms. The number of aliphatic hydroxyl groups is 1. The summed E-state index contributed by atoms with van der Waals surface area (Å²) in [5.74, 6) is -0.563. The molecule has 146 valence electrons. The van der Waals surface area contributed by atoms with Crippen molar-refractivity contribution in [1.29, 1.82) is 0 Å². The van der Waals surface area contributed by atoms with Crippen LogP contribution in [0.5, 0.6) is 0 Å². The van der Waals surface area contributed by atoms with Crippen LogP contribution < -0.4 is 0 Å². The SMILES string of the molecule is CC(C)=CCO[C@H](c1ccccc1)[C@H](C)C1=C(O)C2(CCCCC2)OC1=O. The smallest absolute Gasteiger partial charge is 0.338 e. The van der Waals surface area contributed by atoms with E-state index in [0.717, 1.165) is 24.8 Å². The molecule has 0 aromatic heterocycles. The number of aliphatic hydroxyl groups excluding tert-OH is 1. The first kappa shape index (κ1) is 19.7. The van der Waals surface area contributed by atoms with E-state index in [9.17, 15) is 9.90 Å². The van der Waals surface area contributed by atoms with Crippen LogP contribution in [-0.4, -0.2) is 23.3 Å². The molecule has 0 bridgehead atoms. The van der Waals surface area contributed by atoms with Gasteiger partial charge in [0.1, 0.15) is 5.76 Å². The van der Waals surface area contributed by atoms with E-state index in [-0.39, 0.29) is 17.8 Å². The van der Waals surface area contributed by atoms with Crippen molar-refractivity contribution in [2.24, 2.45) is 5.92 Å². The number of esters is 1. The van der Waals surface area contributed by atoms with Crippen molar-refractivity contribution < 1.29 is 19.4 Å². The molecule has 0 radical (unpaired) electrons. The molecule has 1 N–H and O–H groups in total. The van der Waals surface area contributed by atoms with Crippen LogP contribution in [0.15, 0.2) is 53.3 Å². The van der Waals surface area contributed by atoms with Gasteiger partial charge in [-0.1, -0.05) is 55.3 Å².